The van der Waals surface area contributed by atoms with Gasteiger partial charge in [0.1, 0.15) is 12.4 Å². The zero-order valence-corrected chi connectivity index (χ0v) is 15.4. The van der Waals surface area contributed by atoms with Gasteiger partial charge in [-0.25, -0.2) is 0 Å². The van der Waals surface area contributed by atoms with Gasteiger partial charge in [-0.3, -0.25) is 0 Å². The summed E-state index contributed by atoms with van der Waals surface area (Å²) in [5.74, 6) is 0.901. The van der Waals surface area contributed by atoms with E-state index in [0.29, 0.717) is 6.61 Å². The number of hydrogen-bond acceptors (Lipinski definition) is 3. The number of thiophene rings is 1. The number of ether oxygens (including phenoxy) is 1. The van der Waals surface area contributed by atoms with Crippen LogP contribution in [0.15, 0.2) is 34.8 Å². The van der Waals surface area contributed by atoms with Crippen molar-refractivity contribution in [3.63, 3.8) is 0 Å². The fraction of sp³-hybridized carbons (Fsp3) is 0.412. The minimum Gasteiger partial charge on any atom is -0.489 e. The zero-order chi connectivity index (χ0) is 15.5. The Morgan fingerprint density at radius 3 is 2.48 bits per heavy atom. The van der Waals surface area contributed by atoms with Gasteiger partial charge in [0.25, 0.3) is 0 Å². The Morgan fingerprint density at radius 1 is 1.19 bits per heavy atom. The lowest BCUT2D eigenvalue weighted by atomic mass is 10.1. The molecule has 0 radical (unpaired) electrons. The molecule has 114 valence electrons. The average Bonchev–Trinajstić information content (AvgIpc) is 2.76. The first-order valence-electron chi connectivity index (χ1n) is 7.05. The molecule has 0 fully saturated rings. The van der Waals surface area contributed by atoms with Crippen LogP contribution in [0.4, 0.5) is 0 Å². The largest absolute Gasteiger partial charge is 0.489 e. The molecule has 0 atom stereocenters. The van der Waals surface area contributed by atoms with E-state index >= 15 is 0 Å². The molecule has 2 aromatic rings. The summed E-state index contributed by atoms with van der Waals surface area (Å²) in [5.41, 5.74) is 1.42. The van der Waals surface area contributed by atoms with Gasteiger partial charge in [0.05, 0.1) is 0 Å². The van der Waals surface area contributed by atoms with Crippen LogP contribution in [0.5, 0.6) is 5.75 Å². The van der Waals surface area contributed by atoms with E-state index in [4.69, 9.17) is 4.74 Å². The summed E-state index contributed by atoms with van der Waals surface area (Å²) in [5, 5.41) is 3.52. The molecule has 0 aliphatic heterocycles. The van der Waals surface area contributed by atoms with Crippen LogP contribution in [0.2, 0.25) is 0 Å². The van der Waals surface area contributed by atoms with Crippen molar-refractivity contribution < 1.29 is 4.74 Å². The first-order chi connectivity index (χ1) is 9.83. The van der Waals surface area contributed by atoms with E-state index in [-0.39, 0.29) is 5.54 Å². The Labute approximate surface area is 139 Å². The molecule has 0 saturated carbocycles. The van der Waals surface area contributed by atoms with Crippen LogP contribution < -0.4 is 10.1 Å². The second-order valence-electron chi connectivity index (χ2n) is 6.14. The number of hydrogen-bond donors (Lipinski definition) is 1. The van der Waals surface area contributed by atoms with Crippen LogP contribution >= 0.6 is 27.3 Å². The monoisotopic (exact) mass is 367 g/mol. The van der Waals surface area contributed by atoms with Crippen molar-refractivity contribution in [2.45, 2.75) is 46.4 Å². The first-order valence-corrected chi connectivity index (χ1v) is 8.66. The topological polar surface area (TPSA) is 21.3 Å². The van der Waals surface area contributed by atoms with Crippen molar-refractivity contribution in [2.75, 3.05) is 0 Å². The molecular formula is C17H22BrNOS. The van der Waals surface area contributed by atoms with E-state index in [9.17, 15) is 0 Å². The molecule has 0 spiro atoms. The Balaban J connectivity index is 1.94. The summed E-state index contributed by atoms with van der Waals surface area (Å²) in [7, 11) is 0. The lowest BCUT2D eigenvalue weighted by Gasteiger charge is -2.19. The van der Waals surface area contributed by atoms with Gasteiger partial charge in [0, 0.05) is 31.9 Å². The normalized spacial score (nSPS) is 11.7. The molecule has 21 heavy (non-hydrogen) atoms. The van der Waals surface area contributed by atoms with Crippen LogP contribution in [-0.2, 0) is 13.2 Å². The maximum Gasteiger partial charge on any atom is 0.119 e. The Hall–Kier alpha value is -0.840. The molecular weight excluding hydrogens is 346 g/mol. The second-order valence-corrected chi connectivity index (χ2v) is 8.40. The minimum absolute atomic E-state index is 0.145. The van der Waals surface area contributed by atoms with Crippen LogP contribution in [0.25, 0.3) is 0 Å². The maximum atomic E-state index is 5.85. The SMILES string of the molecule is Cc1sc(CNC(C)(C)C)cc1COc1ccc(Br)cc1. The fourth-order valence-electron chi connectivity index (χ4n) is 1.86. The highest BCUT2D eigenvalue weighted by atomic mass is 79.9. The predicted octanol–water partition coefficient (Wildman–Crippen LogP) is 5.29. The summed E-state index contributed by atoms with van der Waals surface area (Å²) in [6, 6.07) is 10.2. The van der Waals surface area contributed by atoms with E-state index in [1.54, 1.807) is 0 Å². The molecule has 1 N–H and O–H groups in total. The number of nitrogens with one attached hydrogen (secondary N) is 1. The van der Waals surface area contributed by atoms with Crippen LogP contribution in [-0.4, -0.2) is 5.54 Å². The summed E-state index contributed by atoms with van der Waals surface area (Å²) in [6.45, 7) is 10.2. The van der Waals surface area contributed by atoms with E-state index in [0.717, 1.165) is 16.8 Å². The standard InChI is InChI=1S/C17H22BrNOS/c1-12-13(9-16(21-12)10-19-17(2,3)4)11-20-15-7-5-14(18)6-8-15/h5-9,19H,10-11H2,1-4H3. The number of rotatable bonds is 5. The molecule has 4 heteroatoms. The van der Waals surface area contributed by atoms with Crippen LogP contribution in [0.1, 0.15) is 36.1 Å². The highest BCUT2D eigenvalue weighted by Gasteiger charge is 2.11. The third-order valence-corrected chi connectivity index (χ3v) is 4.69. The number of aryl methyl sites for hydroxylation is 1. The van der Waals surface area contributed by atoms with E-state index in [1.807, 2.05) is 35.6 Å². The quantitative estimate of drug-likeness (QED) is 0.775. The van der Waals surface area contributed by atoms with Gasteiger partial charge >= 0.3 is 0 Å². The van der Waals surface area contributed by atoms with Gasteiger partial charge in [0.15, 0.2) is 0 Å². The molecule has 0 aliphatic carbocycles. The number of halogens is 1. The lowest BCUT2D eigenvalue weighted by molar-refractivity contribution is 0.306. The molecule has 0 saturated heterocycles. The molecule has 1 aromatic heterocycles. The highest BCUT2D eigenvalue weighted by Crippen LogP contribution is 2.24. The van der Waals surface area contributed by atoms with Gasteiger partial charge in [-0.1, -0.05) is 15.9 Å². The van der Waals surface area contributed by atoms with Crippen molar-refractivity contribution in [1.29, 1.82) is 0 Å². The van der Waals surface area contributed by atoms with Gasteiger partial charge in [0.2, 0.25) is 0 Å². The molecule has 1 heterocycles. The molecule has 0 unspecified atom stereocenters. The summed E-state index contributed by atoms with van der Waals surface area (Å²) < 4.78 is 6.92. The Bertz CT molecular complexity index is 584. The van der Waals surface area contributed by atoms with E-state index in [1.165, 1.54) is 15.3 Å². The third-order valence-electron chi connectivity index (χ3n) is 3.07. The van der Waals surface area contributed by atoms with Gasteiger partial charge < -0.3 is 10.1 Å². The van der Waals surface area contributed by atoms with E-state index < -0.39 is 0 Å². The smallest absolute Gasteiger partial charge is 0.119 e. The van der Waals surface area contributed by atoms with Gasteiger partial charge in [-0.2, -0.15) is 0 Å². The predicted molar refractivity (Wildman–Crippen MR) is 94.1 cm³/mol. The molecule has 0 aliphatic rings. The molecule has 0 bridgehead atoms. The molecule has 2 rings (SSSR count). The maximum absolute atomic E-state index is 5.85. The summed E-state index contributed by atoms with van der Waals surface area (Å²) in [6.07, 6.45) is 0. The first kappa shape index (κ1) is 16.5. The average molecular weight is 368 g/mol. The highest BCUT2D eigenvalue weighted by molar-refractivity contribution is 9.10. The third kappa shape index (κ3) is 5.46. The van der Waals surface area contributed by atoms with E-state index in [2.05, 4.69) is 55.0 Å². The molecule has 2 nitrogen and oxygen atoms in total. The van der Waals surface area contributed by atoms with Gasteiger partial charge in [-0.15, -0.1) is 11.3 Å². The van der Waals surface area contributed by atoms with Crippen molar-refractivity contribution in [3.05, 3.63) is 50.1 Å². The van der Waals surface area contributed by atoms with Crippen molar-refractivity contribution in [1.82, 2.24) is 5.32 Å². The van der Waals surface area contributed by atoms with Crippen LogP contribution in [0.3, 0.4) is 0 Å². The van der Waals surface area contributed by atoms with Crippen molar-refractivity contribution >= 4 is 27.3 Å². The summed E-state index contributed by atoms with van der Waals surface area (Å²) in [4.78, 5) is 2.69. The second kappa shape index (κ2) is 6.95. The number of benzene rings is 1. The molecule has 0 amide bonds. The van der Waals surface area contributed by atoms with Crippen molar-refractivity contribution in [3.8, 4) is 5.75 Å². The zero-order valence-electron chi connectivity index (χ0n) is 13.0. The Kier molecular flexibility index (Phi) is 5.47. The van der Waals surface area contributed by atoms with Gasteiger partial charge in [-0.05, 0) is 58.0 Å². The lowest BCUT2D eigenvalue weighted by Crippen LogP contribution is -2.34. The van der Waals surface area contributed by atoms with Crippen LogP contribution in [0, 0.1) is 6.92 Å². The summed E-state index contributed by atoms with van der Waals surface area (Å²) >= 11 is 5.27. The molecule has 1 aromatic carbocycles. The fourth-order valence-corrected chi connectivity index (χ4v) is 3.11. The minimum atomic E-state index is 0.145. The van der Waals surface area contributed by atoms with Crippen molar-refractivity contribution in [2.24, 2.45) is 0 Å². The Morgan fingerprint density at radius 2 is 1.86 bits per heavy atom.